The summed E-state index contributed by atoms with van der Waals surface area (Å²) >= 11 is 0. The lowest BCUT2D eigenvalue weighted by molar-refractivity contribution is 0.115. The molecule has 4 nitrogen and oxygen atoms in total. The standard InChI is InChI=1S/C13H27N3O/c1-11(12-6-7-12)16(9-10-17-2)8-4-3-5-13(14)15/h11-12H,3-10H2,1-2H3,(H3,14,15). The van der Waals surface area contributed by atoms with Gasteiger partial charge in [-0.3, -0.25) is 10.3 Å². The first-order valence-electron chi connectivity index (χ1n) is 6.71. The first-order valence-corrected chi connectivity index (χ1v) is 6.71. The van der Waals surface area contributed by atoms with Gasteiger partial charge in [-0.25, -0.2) is 0 Å². The van der Waals surface area contributed by atoms with Crippen molar-refractivity contribution in [1.29, 1.82) is 5.41 Å². The van der Waals surface area contributed by atoms with E-state index in [0.29, 0.717) is 11.9 Å². The van der Waals surface area contributed by atoms with Crippen LogP contribution < -0.4 is 5.73 Å². The smallest absolute Gasteiger partial charge is 0.0905 e. The fourth-order valence-electron chi connectivity index (χ4n) is 2.23. The van der Waals surface area contributed by atoms with Crippen LogP contribution in [0.5, 0.6) is 0 Å². The number of hydrogen-bond donors (Lipinski definition) is 2. The maximum absolute atomic E-state index is 7.20. The Morgan fingerprint density at radius 3 is 2.65 bits per heavy atom. The van der Waals surface area contributed by atoms with E-state index in [2.05, 4.69) is 11.8 Å². The lowest BCUT2D eigenvalue weighted by atomic mass is 10.1. The maximum atomic E-state index is 7.20. The van der Waals surface area contributed by atoms with Crippen LogP contribution in [0.3, 0.4) is 0 Å². The van der Waals surface area contributed by atoms with Gasteiger partial charge in [0.1, 0.15) is 0 Å². The average molecular weight is 241 g/mol. The molecule has 17 heavy (non-hydrogen) atoms. The highest BCUT2D eigenvalue weighted by atomic mass is 16.5. The summed E-state index contributed by atoms with van der Waals surface area (Å²) in [7, 11) is 1.76. The van der Waals surface area contributed by atoms with Crippen LogP contribution >= 0.6 is 0 Å². The van der Waals surface area contributed by atoms with E-state index in [-0.39, 0.29) is 0 Å². The van der Waals surface area contributed by atoms with Crippen LogP contribution in [0.4, 0.5) is 0 Å². The molecule has 1 saturated carbocycles. The van der Waals surface area contributed by atoms with Crippen molar-refractivity contribution in [3.63, 3.8) is 0 Å². The molecule has 0 amide bonds. The van der Waals surface area contributed by atoms with E-state index in [1.54, 1.807) is 7.11 Å². The van der Waals surface area contributed by atoms with Crippen molar-refractivity contribution in [1.82, 2.24) is 4.90 Å². The zero-order chi connectivity index (χ0) is 12.7. The number of nitrogens with zero attached hydrogens (tertiary/aromatic N) is 1. The van der Waals surface area contributed by atoms with Crippen LogP contribution in [-0.4, -0.2) is 43.6 Å². The van der Waals surface area contributed by atoms with E-state index in [9.17, 15) is 0 Å². The minimum Gasteiger partial charge on any atom is -0.388 e. The second-order valence-corrected chi connectivity index (χ2v) is 5.09. The summed E-state index contributed by atoms with van der Waals surface area (Å²) in [6, 6.07) is 0.683. The summed E-state index contributed by atoms with van der Waals surface area (Å²) in [5.41, 5.74) is 5.36. The largest absolute Gasteiger partial charge is 0.388 e. The lowest BCUT2D eigenvalue weighted by Gasteiger charge is -2.29. The van der Waals surface area contributed by atoms with Gasteiger partial charge >= 0.3 is 0 Å². The van der Waals surface area contributed by atoms with E-state index >= 15 is 0 Å². The topological polar surface area (TPSA) is 62.3 Å². The molecule has 0 bridgehead atoms. The zero-order valence-electron chi connectivity index (χ0n) is 11.2. The molecule has 0 heterocycles. The average Bonchev–Trinajstić information content (AvgIpc) is 3.10. The minimum atomic E-state index is 0.309. The molecule has 3 N–H and O–H groups in total. The van der Waals surface area contributed by atoms with Crippen molar-refractivity contribution in [2.24, 2.45) is 11.7 Å². The van der Waals surface area contributed by atoms with E-state index < -0.39 is 0 Å². The number of methoxy groups -OCH3 is 1. The molecule has 0 saturated heterocycles. The normalized spacial score (nSPS) is 17.4. The molecule has 1 atom stereocenters. The van der Waals surface area contributed by atoms with Crippen molar-refractivity contribution in [2.75, 3.05) is 26.8 Å². The van der Waals surface area contributed by atoms with Gasteiger partial charge in [-0.05, 0) is 45.1 Å². The number of hydrogen-bond acceptors (Lipinski definition) is 3. The lowest BCUT2D eigenvalue weighted by Crippen LogP contribution is -2.38. The van der Waals surface area contributed by atoms with Gasteiger partial charge in [0.05, 0.1) is 12.4 Å². The van der Waals surface area contributed by atoms with Gasteiger partial charge in [0.25, 0.3) is 0 Å². The maximum Gasteiger partial charge on any atom is 0.0905 e. The van der Waals surface area contributed by atoms with Gasteiger partial charge in [-0.2, -0.15) is 0 Å². The summed E-state index contributed by atoms with van der Waals surface area (Å²) in [5.74, 6) is 1.21. The fourth-order valence-corrected chi connectivity index (χ4v) is 2.23. The Morgan fingerprint density at radius 2 is 2.12 bits per heavy atom. The first-order chi connectivity index (χ1) is 8.15. The predicted molar refractivity (Wildman–Crippen MR) is 71.4 cm³/mol. The number of rotatable bonds is 10. The molecule has 0 aliphatic heterocycles. The number of amidine groups is 1. The van der Waals surface area contributed by atoms with Crippen LogP contribution in [0, 0.1) is 11.3 Å². The molecule has 0 aromatic carbocycles. The molecule has 0 aromatic heterocycles. The third kappa shape index (κ3) is 6.03. The second kappa shape index (κ2) is 7.67. The summed E-state index contributed by atoms with van der Waals surface area (Å²) in [5, 5.41) is 7.20. The molecule has 0 radical (unpaired) electrons. The van der Waals surface area contributed by atoms with Gasteiger partial charge in [0.15, 0.2) is 0 Å². The zero-order valence-corrected chi connectivity index (χ0v) is 11.2. The summed E-state index contributed by atoms with van der Waals surface area (Å²) in [6.45, 7) is 5.27. The Labute approximate surface area is 105 Å². The SMILES string of the molecule is COCCN(CCCCC(=N)N)C(C)C1CC1. The molecular formula is C13H27N3O. The van der Waals surface area contributed by atoms with Gasteiger partial charge in [0, 0.05) is 26.1 Å². The number of unbranched alkanes of at least 4 members (excludes halogenated alkanes) is 1. The van der Waals surface area contributed by atoms with Crippen LogP contribution in [0.1, 0.15) is 39.0 Å². The quantitative estimate of drug-likeness (QED) is 0.348. The van der Waals surface area contributed by atoms with Crippen LogP contribution in [0.2, 0.25) is 0 Å². The minimum absolute atomic E-state index is 0.309. The highest BCUT2D eigenvalue weighted by Crippen LogP contribution is 2.35. The number of ether oxygens (including phenoxy) is 1. The molecule has 1 aliphatic carbocycles. The van der Waals surface area contributed by atoms with Gasteiger partial charge in [-0.15, -0.1) is 0 Å². The van der Waals surface area contributed by atoms with Crippen LogP contribution in [-0.2, 0) is 4.74 Å². The summed E-state index contributed by atoms with van der Waals surface area (Å²) in [4.78, 5) is 2.53. The molecule has 0 spiro atoms. The summed E-state index contributed by atoms with van der Waals surface area (Å²) in [6.07, 6.45) is 5.66. The molecule has 4 heteroatoms. The molecule has 1 aliphatic rings. The van der Waals surface area contributed by atoms with Crippen LogP contribution in [0.25, 0.3) is 0 Å². The van der Waals surface area contributed by atoms with E-state index in [1.807, 2.05) is 0 Å². The Hall–Kier alpha value is -0.610. The van der Waals surface area contributed by atoms with Crippen molar-refractivity contribution < 1.29 is 4.74 Å². The third-order valence-corrected chi connectivity index (χ3v) is 3.60. The molecule has 1 fully saturated rings. The predicted octanol–water partition coefficient (Wildman–Crippen LogP) is 1.84. The number of nitrogens with one attached hydrogen (secondary N) is 1. The molecule has 0 aromatic rings. The van der Waals surface area contributed by atoms with E-state index in [1.165, 1.54) is 12.8 Å². The van der Waals surface area contributed by atoms with Gasteiger partial charge < -0.3 is 10.5 Å². The Morgan fingerprint density at radius 1 is 1.41 bits per heavy atom. The highest BCUT2D eigenvalue weighted by molar-refractivity contribution is 5.76. The Bertz CT molecular complexity index is 229. The van der Waals surface area contributed by atoms with Crippen LogP contribution in [0.15, 0.2) is 0 Å². The van der Waals surface area contributed by atoms with Crippen molar-refractivity contribution in [2.45, 2.75) is 45.1 Å². The van der Waals surface area contributed by atoms with Crippen molar-refractivity contribution in [3.8, 4) is 0 Å². The van der Waals surface area contributed by atoms with Gasteiger partial charge in [-0.1, -0.05) is 0 Å². The van der Waals surface area contributed by atoms with Crippen molar-refractivity contribution in [3.05, 3.63) is 0 Å². The Balaban J connectivity index is 2.21. The molecule has 1 unspecified atom stereocenters. The van der Waals surface area contributed by atoms with E-state index in [0.717, 1.165) is 44.9 Å². The molecular weight excluding hydrogens is 214 g/mol. The highest BCUT2D eigenvalue weighted by Gasteiger charge is 2.31. The Kier molecular flexibility index (Phi) is 6.52. The second-order valence-electron chi connectivity index (χ2n) is 5.09. The monoisotopic (exact) mass is 241 g/mol. The summed E-state index contributed by atoms with van der Waals surface area (Å²) < 4.78 is 5.17. The molecule has 1 rings (SSSR count). The van der Waals surface area contributed by atoms with Crippen molar-refractivity contribution >= 4 is 5.84 Å². The third-order valence-electron chi connectivity index (χ3n) is 3.60. The van der Waals surface area contributed by atoms with Gasteiger partial charge in [0.2, 0.25) is 0 Å². The first kappa shape index (κ1) is 14.5. The fraction of sp³-hybridized carbons (Fsp3) is 0.923. The number of nitrogens with two attached hydrogens (primary N) is 1. The van der Waals surface area contributed by atoms with E-state index in [4.69, 9.17) is 15.9 Å². The molecule has 100 valence electrons.